The van der Waals surface area contributed by atoms with Crippen LogP contribution in [0.2, 0.25) is 0 Å². The second-order valence-electron chi connectivity index (χ2n) is 11.9. The van der Waals surface area contributed by atoms with E-state index in [9.17, 15) is 19.5 Å². The quantitative estimate of drug-likeness (QED) is 0.429. The summed E-state index contributed by atoms with van der Waals surface area (Å²) >= 11 is 0. The van der Waals surface area contributed by atoms with Gasteiger partial charge in [0, 0.05) is 31.3 Å². The van der Waals surface area contributed by atoms with E-state index in [1.807, 2.05) is 0 Å². The minimum Gasteiger partial charge on any atom is -0.465 e. The van der Waals surface area contributed by atoms with Crippen LogP contribution in [0.25, 0.3) is 0 Å². The van der Waals surface area contributed by atoms with Crippen molar-refractivity contribution in [1.29, 1.82) is 0 Å². The Morgan fingerprint density at radius 3 is 2.54 bits per heavy atom. The number of methoxy groups -OCH3 is 1. The first-order valence-corrected chi connectivity index (χ1v) is 12.9. The third kappa shape index (κ3) is 3.62. The summed E-state index contributed by atoms with van der Waals surface area (Å²) < 4.78 is 17.8. The summed E-state index contributed by atoms with van der Waals surface area (Å²) in [7, 11) is 1.58. The van der Waals surface area contributed by atoms with Crippen LogP contribution >= 0.6 is 0 Å². The highest BCUT2D eigenvalue weighted by molar-refractivity contribution is 6.05. The fourth-order valence-electron chi connectivity index (χ4n) is 8.46. The highest BCUT2D eigenvalue weighted by Gasteiger charge is 2.78. The van der Waals surface area contributed by atoms with Gasteiger partial charge in [-0.2, -0.15) is 0 Å². The van der Waals surface area contributed by atoms with E-state index in [2.05, 4.69) is 20.4 Å². The van der Waals surface area contributed by atoms with Crippen molar-refractivity contribution < 1.29 is 33.7 Å². The summed E-state index contributed by atoms with van der Waals surface area (Å²) in [5, 5.41) is 11.7. The van der Waals surface area contributed by atoms with E-state index in [0.717, 1.165) is 12.8 Å². The first-order chi connectivity index (χ1) is 16.4. The van der Waals surface area contributed by atoms with Crippen LogP contribution in [-0.4, -0.2) is 60.9 Å². The highest BCUT2D eigenvalue weighted by atomic mass is 16.6. The largest absolute Gasteiger partial charge is 0.465 e. The number of hydrogen-bond acceptors (Lipinski definition) is 8. The van der Waals surface area contributed by atoms with Gasteiger partial charge in [0.1, 0.15) is 17.6 Å². The number of esters is 2. The molecular formula is C27H41NO7. The first-order valence-electron chi connectivity index (χ1n) is 12.9. The summed E-state index contributed by atoms with van der Waals surface area (Å²) in [4.78, 5) is 39.1. The predicted molar refractivity (Wildman–Crippen MR) is 128 cm³/mol. The average Bonchev–Trinajstić information content (AvgIpc) is 2.93. The van der Waals surface area contributed by atoms with Crippen LogP contribution in [-0.2, 0) is 28.6 Å². The van der Waals surface area contributed by atoms with Crippen molar-refractivity contribution in [2.75, 3.05) is 13.7 Å². The standard InChI is InChI=1S/C27H41NO7/c1-7-17(28)24(32)35-23-16-11-18(30)21-26(13-34-15(3)29)10-8-9-25(4,5)19(26)12-20(33-6)27(21,23)22(31)14(16)2/h16-21,23,30H,2,7-13,28H2,1,3-6H3/t16-,17-,18-,19+,20+,21-,23+,26-,27+/m0/s1. The van der Waals surface area contributed by atoms with Gasteiger partial charge in [-0.1, -0.05) is 33.8 Å². The molecule has 4 fully saturated rings. The number of rotatable bonds is 6. The average molecular weight is 492 g/mol. The summed E-state index contributed by atoms with van der Waals surface area (Å²) in [6.45, 7) is 11.8. The Morgan fingerprint density at radius 2 is 1.94 bits per heavy atom. The van der Waals surface area contributed by atoms with Crippen molar-refractivity contribution >= 4 is 17.7 Å². The fraction of sp³-hybridized carbons (Fsp3) is 0.815. The summed E-state index contributed by atoms with van der Waals surface area (Å²) in [5.41, 5.74) is 4.28. The lowest BCUT2D eigenvalue weighted by Crippen LogP contribution is -2.72. The lowest BCUT2D eigenvalue weighted by molar-refractivity contribution is -0.272. The third-order valence-electron chi connectivity index (χ3n) is 9.88. The molecule has 35 heavy (non-hydrogen) atoms. The first kappa shape index (κ1) is 26.3. The van der Waals surface area contributed by atoms with Gasteiger partial charge >= 0.3 is 11.9 Å². The van der Waals surface area contributed by atoms with Gasteiger partial charge in [-0.3, -0.25) is 14.4 Å². The molecule has 0 aromatic rings. The summed E-state index contributed by atoms with van der Waals surface area (Å²) in [6.07, 6.45) is 1.49. The Hall–Kier alpha value is -1.77. The summed E-state index contributed by atoms with van der Waals surface area (Å²) in [5.74, 6) is -2.25. The van der Waals surface area contributed by atoms with Crippen molar-refractivity contribution in [2.45, 2.75) is 90.6 Å². The minimum atomic E-state index is -1.30. The monoisotopic (exact) mass is 491 g/mol. The number of Topliss-reactive ketones (excluding diaryl/α,β-unsaturated/α-hetero) is 1. The fourth-order valence-corrected chi connectivity index (χ4v) is 8.46. The van der Waals surface area contributed by atoms with Crippen molar-refractivity contribution in [3.8, 4) is 0 Å². The molecule has 4 saturated carbocycles. The van der Waals surface area contributed by atoms with Crippen LogP contribution in [0.5, 0.6) is 0 Å². The lowest BCUT2D eigenvalue weighted by atomic mass is 9.39. The van der Waals surface area contributed by atoms with Gasteiger partial charge in [-0.25, -0.2) is 0 Å². The van der Waals surface area contributed by atoms with Crippen LogP contribution < -0.4 is 5.73 Å². The molecule has 0 aromatic heterocycles. The molecule has 8 heteroatoms. The maximum atomic E-state index is 14.2. The molecule has 4 aliphatic carbocycles. The molecule has 0 radical (unpaired) electrons. The number of hydrogen-bond donors (Lipinski definition) is 2. The van der Waals surface area contributed by atoms with E-state index in [1.165, 1.54) is 6.92 Å². The van der Waals surface area contributed by atoms with Crippen LogP contribution in [0, 0.1) is 34.0 Å². The number of carbonyl (C=O) groups is 3. The van der Waals surface area contributed by atoms with Gasteiger partial charge in [-0.05, 0) is 49.0 Å². The van der Waals surface area contributed by atoms with Crippen LogP contribution in [0.15, 0.2) is 12.2 Å². The van der Waals surface area contributed by atoms with E-state index in [1.54, 1.807) is 14.0 Å². The maximum Gasteiger partial charge on any atom is 0.323 e. The molecule has 0 unspecified atom stereocenters. The smallest absolute Gasteiger partial charge is 0.323 e. The molecule has 4 rings (SSSR count). The maximum absolute atomic E-state index is 14.2. The van der Waals surface area contributed by atoms with Crippen LogP contribution in [0.1, 0.15) is 66.2 Å². The molecule has 0 amide bonds. The predicted octanol–water partition coefficient (Wildman–Crippen LogP) is 2.55. The SMILES string of the molecule is C=C1C(=O)[C@]23[C@H](OC(=O)[C@@H](N)CC)[C@H]1C[C@H](O)[C@H]2[C@]1(COC(C)=O)CCCC(C)(C)[C@H]1C[C@H]3OC. The van der Waals surface area contributed by atoms with Gasteiger partial charge in [0.2, 0.25) is 0 Å². The molecule has 2 bridgehead atoms. The number of nitrogens with two attached hydrogens (primary N) is 1. The number of fused-ring (bicyclic) bond motifs is 3. The van der Waals surface area contributed by atoms with Gasteiger partial charge < -0.3 is 25.1 Å². The van der Waals surface area contributed by atoms with E-state index < -0.39 is 59.0 Å². The highest BCUT2D eigenvalue weighted by Crippen LogP contribution is 2.72. The third-order valence-corrected chi connectivity index (χ3v) is 9.88. The molecule has 196 valence electrons. The number of aliphatic hydroxyl groups is 1. The normalized spacial score (nSPS) is 42.6. The van der Waals surface area contributed by atoms with Crippen molar-refractivity contribution in [1.82, 2.24) is 0 Å². The second kappa shape index (κ2) is 8.96. The molecule has 1 spiro atoms. The van der Waals surface area contributed by atoms with E-state index in [0.29, 0.717) is 24.8 Å². The van der Waals surface area contributed by atoms with Crippen molar-refractivity contribution in [3.05, 3.63) is 12.2 Å². The molecule has 8 nitrogen and oxygen atoms in total. The summed E-state index contributed by atoms with van der Waals surface area (Å²) in [6, 6.07) is -0.805. The number of aliphatic hydroxyl groups excluding tert-OH is 1. The molecule has 9 atom stereocenters. The Kier molecular flexibility index (Phi) is 6.73. The Bertz CT molecular complexity index is 915. The Labute approximate surface area is 207 Å². The van der Waals surface area contributed by atoms with Gasteiger partial charge in [0.25, 0.3) is 0 Å². The lowest BCUT2D eigenvalue weighted by Gasteiger charge is -2.67. The van der Waals surface area contributed by atoms with Gasteiger partial charge in [0.15, 0.2) is 5.78 Å². The molecule has 4 aliphatic rings. The topological polar surface area (TPSA) is 125 Å². The van der Waals surface area contributed by atoms with Gasteiger partial charge in [0.05, 0.1) is 18.8 Å². The van der Waals surface area contributed by atoms with E-state index in [4.69, 9.17) is 19.9 Å². The molecular weight excluding hydrogens is 450 g/mol. The molecule has 0 aromatic carbocycles. The number of ether oxygens (including phenoxy) is 3. The zero-order valence-corrected chi connectivity index (χ0v) is 21.7. The molecule has 0 saturated heterocycles. The molecule has 3 N–H and O–H groups in total. The van der Waals surface area contributed by atoms with Gasteiger partial charge in [-0.15, -0.1) is 0 Å². The Balaban J connectivity index is 1.93. The number of carbonyl (C=O) groups excluding carboxylic acids is 3. The van der Waals surface area contributed by atoms with Crippen LogP contribution in [0.4, 0.5) is 0 Å². The van der Waals surface area contributed by atoms with Crippen LogP contribution in [0.3, 0.4) is 0 Å². The van der Waals surface area contributed by atoms with Crippen molar-refractivity contribution in [3.63, 3.8) is 0 Å². The Morgan fingerprint density at radius 1 is 1.26 bits per heavy atom. The molecule has 0 aliphatic heterocycles. The zero-order valence-electron chi connectivity index (χ0n) is 21.7. The second-order valence-corrected chi connectivity index (χ2v) is 11.9. The van der Waals surface area contributed by atoms with E-state index >= 15 is 0 Å². The minimum absolute atomic E-state index is 0.0331. The molecule has 0 heterocycles. The zero-order chi connectivity index (χ0) is 25.9. The van der Waals surface area contributed by atoms with Crippen molar-refractivity contribution in [2.24, 2.45) is 39.7 Å². The number of ketones is 1. The van der Waals surface area contributed by atoms with E-state index in [-0.39, 0.29) is 30.1 Å².